The Morgan fingerprint density at radius 3 is 2.50 bits per heavy atom. The van der Waals surface area contributed by atoms with Crippen molar-refractivity contribution < 1.29 is 4.79 Å². The number of Topliss-reactive ketones (excluding diaryl/α,β-unsaturated/α-hetero) is 1. The molecule has 0 amide bonds. The molecule has 2 aromatic carbocycles. The predicted octanol–water partition coefficient (Wildman–Crippen LogP) is 4.90. The smallest absolute Gasteiger partial charge is 0.220 e. The van der Waals surface area contributed by atoms with Crippen LogP contribution in [-0.2, 0) is 0 Å². The molecule has 30 heavy (non-hydrogen) atoms. The fourth-order valence-corrected chi connectivity index (χ4v) is 3.47. The molecule has 0 saturated heterocycles. The quantitative estimate of drug-likeness (QED) is 0.290. The van der Waals surface area contributed by atoms with E-state index in [1.165, 1.54) is 0 Å². The third-order valence-corrected chi connectivity index (χ3v) is 4.94. The number of carbonyl (C=O) groups excluding carboxylic acids is 1. The lowest BCUT2D eigenvalue weighted by Gasteiger charge is -2.00. The summed E-state index contributed by atoms with van der Waals surface area (Å²) in [6, 6.07) is 17.7. The van der Waals surface area contributed by atoms with E-state index in [0.29, 0.717) is 11.4 Å². The highest BCUT2D eigenvalue weighted by Crippen LogP contribution is 2.29. The van der Waals surface area contributed by atoms with Gasteiger partial charge in [-0.2, -0.15) is 15.5 Å². The number of aromatic amines is 3. The Labute approximate surface area is 170 Å². The first kappa shape index (κ1) is 17.6. The molecule has 1 atom stereocenters. The maximum atomic E-state index is 12.8. The summed E-state index contributed by atoms with van der Waals surface area (Å²) in [7, 11) is 0. The van der Waals surface area contributed by atoms with E-state index in [2.05, 4.69) is 30.4 Å². The molecule has 0 fully saturated rings. The Hall–Kier alpha value is -4.51. The van der Waals surface area contributed by atoms with Crippen LogP contribution in [0.4, 0.5) is 5.82 Å². The summed E-state index contributed by atoms with van der Waals surface area (Å²) in [5.41, 5.74) is 3.96. The van der Waals surface area contributed by atoms with Crippen molar-refractivity contribution in [1.29, 1.82) is 5.26 Å². The molecule has 0 spiro atoms. The van der Waals surface area contributed by atoms with Crippen LogP contribution in [0.25, 0.3) is 33.1 Å². The lowest BCUT2D eigenvalue weighted by atomic mass is 10.1. The van der Waals surface area contributed by atoms with Crippen LogP contribution in [0.5, 0.6) is 0 Å². The van der Waals surface area contributed by atoms with Crippen LogP contribution in [-0.4, -0.2) is 32.0 Å². The van der Waals surface area contributed by atoms with E-state index >= 15 is 0 Å². The molecular weight excluding hydrogens is 378 g/mol. The van der Waals surface area contributed by atoms with Crippen molar-refractivity contribution in [3.05, 3.63) is 72.6 Å². The molecule has 0 aliphatic heterocycles. The number of para-hydroxylation sites is 2. The molecule has 144 valence electrons. The average Bonchev–Trinajstić information content (AvgIpc) is 3.51. The molecular formula is C22H15N7O. The summed E-state index contributed by atoms with van der Waals surface area (Å²) in [6.45, 7) is 0. The molecule has 3 aromatic heterocycles. The van der Waals surface area contributed by atoms with Crippen molar-refractivity contribution in [1.82, 2.24) is 20.2 Å². The molecule has 5 aromatic rings. The van der Waals surface area contributed by atoms with Gasteiger partial charge in [0.05, 0.1) is 11.8 Å². The fourth-order valence-electron chi connectivity index (χ4n) is 3.47. The second-order valence-corrected chi connectivity index (χ2v) is 6.75. The summed E-state index contributed by atoms with van der Waals surface area (Å²) in [6.07, 6.45) is 3.48. The number of carbonyl (C=O) groups is 1. The molecule has 3 heterocycles. The predicted molar refractivity (Wildman–Crippen MR) is 112 cm³/mol. The molecule has 8 nitrogen and oxygen atoms in total. The van der Waals surface area contributed by atoms with Crippen molar-refractivity contribution >= 4 is 33.4 Å². The summed E-state index contributed by atoms with van der Waals surface area (Å²) in [5.74, 6) is -0.117. The van der Waals surface area contributed by atoms with E-state index in [1.54, 1.807) is 12.3 Å². The zero-order chi connectivity index (χ0) is 20.5. The third kappa shape index (κ3) is 2.95. The second kappa shape index (κ2) is 7.14. The van der Waals surface area contributed by atoms with Crippen LogP contribution in [0, 0.1) is 11.3 Å². The van der Waals surface area contributed by atoms with E-state index in [4.69, 9.17) is 0 Å². The van der Waals surface area contributed by atoms with Gasteiger partial charge in [-0.25, -0.2) is 0 Å². The first-order valence-electron chi connectivity index (χ1n) is 9.27. The summed E-state index contributed by atoms with van der Waals surface area (Å²) in [4.78, 5) is 19.0. The van der Waals surface area contributed by atoms with E-state index in [1.807, 2.05) is 60.8 Å². The molecule has 0 radical (unpaired) electrons. The topological polar surface area (TPSA) is 126 Å². The first-order valence-corrected chi connectivity index (χ1v) is 9.27. The summed E-state index contributed by atoms with van der Waals surface area (Å²) >= 11 is 0. The molecule has 5 rings (SSSR count). The molecule has 0 bridgehead atoms. The van der Waals surface area contributed by atoms with Gasteiger partial charge in [0.25, 0.3) is 0 Å². The van der Waals surface area contributed by atoms with Gasteiger partial charge in [-0.1, -0.05) is 36.4 Å². The standard InChI is InChI=1S/C22H15N7O/c23-10-20(22(30)16-12-25-18-8-4-2-6-14(16)18)27-29-21-9-19(26-28-21)15-11-24-17-7-3-1-5-13(15)17/h1-9,11-12,20,24-25H,(H,26,28). The van der Waals surface area contributed by atoms with E-state index in [0.717, 1.165) is 33.1 Å². The number of nitrogens with one attached hydrogen (secondary N) is 3. The highest BCUT2D eigenvalue weighted by molar-refractivity contribution is 6.11. The number of fused-ring (bicyclic) bond motifs is 2. The van der Waals surface area contributed by atoms with Gasteiger partial charge in [0, 0.05) is 51.4 Å². The molecule has 1 unspecified atom stereocenters. The number of aromatic nitrogens is 4. The van der Waals surface area contributed by atoms with Crippen LogP contribution in [0.1, 0.15) is 10.4 Å². The normalized spacial score (nSPS) is 12.5. The zero-order valence-electron chi connectivity index (χ0n) is 15.6. The van der Waals surface area contributed by atoms with Gasteiger partial charge in [-0.3, -0.25) is 9.89 Å². The highest BCUT2D eigenvalue weighted by atomic mass is 16.1. The van der Waals surface area contributed by atoms with Gasteiger partial charge in [0.1, 0.15) is 0 Å². The van der Waals surface area contributed by atoms with Crippen LogP contribution in [0.2, 0.25) is 0 Å². The van der Waals surface area contributed by atoms with E-state index in [9.17, 15) is 10.1 Å². The minimum atomic E-state index is -1.25. The van der Waals surface area contributed by atoms with Crippen LogP contribution >= 0.6 is 0 Å². The van der Waals surface area contributed by atoms with E-state index in [-0.39, 0.29) is 0 Å². The van der Waals surface area contributed by atoms with Crippen molar-refractivity contribution in [2.75, 3.05) is 0 Å². The number of hydrogen-bond donors (Lipinski definition) is 3. The van der Waals surface area contributed by atoms with Crippen LogP contribution < -0.4 is 0 Å². The summed E-state index contributed by atoms with van der Waals surface area (Å²) < 4.78 is 0. The SMILES string of the molecule is N#CC(N=Nc1cc(-c2c[nH]c3ccccc23)[nH]n1)C(=O)c1c[nH]c2ccccc12. The zero-order valence-corrected chi connectivity index (χ0v) is 15.6. The van der Waals surface area contributed by atoms with Gasteiger partial charge in [-0.05, 0) is 12.1 Å². The maximum absolute atomic E-state index is 12.8. The Bertz CT molecular complexity index is 1450. The van der Waals surface area contributed by atoms with Gasteiger partial charge in [0.2, 0.25) is 11.8 Å². The first-order chi connectivity index (χ1) is 14.7. The van der Waals surface area contributed by atoms with Crippen molar-refractivity contribution in [3.8, 4) is 17.3 Å². The molecule has 0 aliphatic rings. The monoisotopic (exact) mass is 393 g/mol. The van der Waals surface area contributed by atoms with Gasteiger partial charge in [-0.15, -0.1) is 5.11 Å². The summed E-state index contributed by atoms with van der Waals surface area (Å²) in [5, 5.41) is 26.3. The number of nitrogens with zero attached hydrogens (tertiary/aromatic N) is 4. The van der Waals surface area contributed by atoms with Gasteiger partial charge in [0.15, 0.2) is 5.82 Å². The number of nitriles is 1. The highest BCUT2D eigenvalue weighted by Gasteiger charge is 2.22. The van der Waals surface area contributed by atoms with Crippen molar-refractivity contribution in [3.63, 3.8) is 0 Å². The number of hydrogen-bond acceptors (Lipinski definition) is 5. The Balaban J connectivity index is 1.40. The number of ketones is 1. The molecule has 8 heteroatoms. The van der Waals surface area contributed by atoms with Crippen LogP contribution in [0.3, 0.4) is 0 Å². The minimum Gasteiger partial charge on any atom is -0.360 e. The average molecular weight is 393 g/mol. The molecule has 0 aliphatic carbocycles. The largest absolute Gasteiger partial charge is 0.360 e. The van der Waals surface area contributed by atoms with Crippen molar-refractivity contribution in [2.45, 2.75) is 6.04 Å². The van der Waals surface area contributed by atoms with Crippen LogP contribution in [0.15, 0.2) is 77.2 Å². The lowest BCUT2D eigenvalue weighted by molar-refractivity contribution is 0.0981. The lowest BCUT2D eigenvalue weighted by Crippen LogP contribution is -2.15. The fraction of sp³-hybridized carbons (Fsp3) is 0.0455. The van der Waals surface area contributed by atoms with Gasteiger partial charge < -0.3 is 9.97 Å². The number of H-pyrrole nitrogens is 3. The van der Waals surface area contributed by atoms with Gasteiger partial charge >= 0.3 is 0 Å². The minimum absolute atomic E-state index is 0.294. The molecule has 0 saturated carbocycles. The number of rotatable bonds is 5. The molecule has 3 N–H and O–H groups in total. The number of azo groups is 1. The Morgan fingerprint density at radius 2 is 1.70 bits per heavy atom. The Morgan fingerprint density at radius 1 is 1.00 bits per heavy atom. The van der Waals surface area contributed by atoms with E-state index < -0.39 is 11.8 Å². The third-order valence-electron chi connectivity index (χ3n) is 4.94. The number of benzene rings is 2. The van der Waals surface area contributed by atoms with Crippen molar-refractivity contribution in [2.24, 2.45) is 10.2 Å². The maximum Gasteiger partial charge on any atom is 0.220 e. The Kier molecular flexibility index (Phi) is 4.19. The second-order valence-electron chi connectivity index (χ2n) is 6.75.